The summed E-state index contributed by atoms with van der Waals surface area (Å²) >= 11 is 0. The van der Waals surface area contributed by atoms with Gasteiger partial charge in [0.15, 0.2) is 0 Å². The van der Waals surface area contributed by atoms with Crippen LogP contribution in [0.3, 0.4) is 0 Å². The van der Waals surface area contributed by atoms with Gasteiger partial charge >= 0.3 is 0 Å². The quantitative estimate of drug-likeness (QED) is 0.502. The summed E-state index contributed by atoms with van der Waals surface area (Å²) < 4.78 is 1.46. The van der Waals surface area contributed by atoms with Gasteiger partial charge in [0.1, 0.15) is 0 Å². The van der Waals surface area contributed by atoms with Gasteiger partial charge in [-0.2, -0.15) is 0 Å². The highest BCUT2D eigenvalue weighted by Crippen LogP contribution is 1.69. The molecular weight excluding hydrogens is 106 g/mol. The molecule has 0 aliphatic carbocycles. The van der Waals surface area contributed by atoms with Gasteiger partial charge in [-0.05, 0) is 10.4 Å². The van der Waals surface area contributed by atoms with Crippen LogP contribution in [-0.4, -0.2) is 26.8 Å². The van der Waals surface area contributed by atoms with Crippen molar-refractivity contribution in [2.75, 3.05) is 6.54 Å². The topological polar surface area (TPSA) is 69.6 Å². The summed E-state index contributed by atoms with van der Waals surface area (Å²) in [6.45, 7) is 1.18. The number of nitrogens with zero attached hydrogens (tertiary/aromatic N) is 4. The first-order valence-corrected chi connectivity index (χ1v) is 2.27. The maximum Gasteiger partial charge on any atom is 0.221 e. The van der Waals surface area contributed by atoms with E-state index in [0.717, 1.165) is 0 Å². The van der Waals surface area contributed by atoms with Gasteiger partial charge in [-0.1, -0.05) is 0 Å². The van der Waals surface area contributed by atoms with Crippen LogP contribution in [0.4, 0.5) is 0 Å². The Bertz CT molecular complexity index is 133. The average Bonchev–Trinajstić information content (AvgIpc) is 2.19. The average molecular weight is 112 g/mol. The maximum absolute atomic E-state index is 5.18. The number of tetrazole rings is 1. The second kappa shape index (κ2) is 2.37. The molecule has 0 aliphatic rings. The Morgan fingerprint density at radius 1 is 1.62 bits per heavy atom. The van der Waals surface area contributed by atoms with Crippen molar-refractivity contribution in [3.8, 4) is 0 Å². The molecule has 2 N–H and O–H groups in total. The molecule has 1 radical (unpaired) electrons. The zero-order valence-electron chi connectivity index (χ0n) is 4.28. The summed E-state index contributed by atoms with van der Waals surface area (Å²) in [4.78, 5) is 0. The van der Waals surface area contributed by atoms with E-state index >= 15 is 0 Å². The first kappa shape index (κ1) is 5.17. The van der Waals surface area contributed by atoms with Crippen LogP contribution in [0.25, 0.3) is 0 Å². The lowest BCUT2D eigenvalue weighted by atomic mass is 10.7. The summed E-state index contributed by atoms with van der Waals surface area (Å²) in [6, 6.07) is 0. The number of hydrogen-bond donors (Lipinski definition) is 1. The monoisotopic (exact) mass is 112 g/mol. The summed E-state index contributed by atoms with van der Waals surface area (Å²) in [5.41, 5.74) is 5.18. The molecule has 0 atom stereocenters. The zero-order valence-corrected chi connectivity index (χ0v) is 4.28. The molecule has 5 nitrogen and oxygen atoms in total. The van der Waals surface area contributed by atoms with Crippen molar-refractivity contribution < 1.29 is 0 Å². The molecule has 0 spiro atoms. The van der Waals surface area contributed by atoms with Gasteiger partial charge in [-0.15, -0.1) is 5.10 Å². The van der Waals surface area contributed by atoms with Crippen LogP contribution in [0.2, 0.25) is 0 Å². The van der Waals surface area contributed by atoms with Crippen LogP contribution in [0.15, 0.2) is 0 Å². The van der Waals surface area contributed by atoms with Crippen molar-refractivity contribution in [2.45, 2.75) is 6.54 Å². The van der Waals surface area contributed by atoms with Gasteiger partial charge < -0.3 is 5.73 Å². The zero-order chi connectivity index (χ0) is 5.82. The lowest BCUT2D eigenvalue weighted by Crippen LogP contribution is -2.10. The van der Waals surface area contributed by atoms with E-state index in [1.54, 1.807) is 0 Å². The molecule has 0 bridgehead atoms. The number of rotatable bonds is 2. The van der Waals surface area contributed by atoms with Crippen LogP contribution in [0.1, 0.15) is 0 Å². The van der Waals surface area contributed by atoms with E-state index in [-0.39, 0.29) is 0 Å². The smallest absolute Gasteiger partial charge is 0.221 e. The number of nitrogens with two attached hydrogens (primary N) is 1. The predicted octanol–water partition coefficient (Wildman–Crippen LogP) is -1.57. The molecule has 0 saturated heterocycles. The van der Waals surface area contributed by atoms with Crippen molar-refractivity contribution in [3.63, 3.8) is 0 Å². The second-order valence-corrected chi connectivity index (χ2v) is 1.29. The van der Waals surface area contributed by atoms with E-state index in [1.165, 1.54) is 4.68 Å². The van der Waals surface area contributed by atoms with E-state index in [4.69, 9.17) is 5.73 Å². The van der Waals surface area contributed by atoms with Gasteiger partial charge in [-0.25, -0.2) is 4.68 Å². The third-order valence-electron chi connectivity index (χ3n) is 0.694. The Morgan fingerprint density at radius 3 is 3.00 bits per heavy atom. The number of aromatic nitrogens is 4. The largest absolute Gasteiger partial charge is 0.329 e. The minimum absolute atomic E-state index is 0.543. The summed E-state index contributed by atoms with van der Waals surface area (Å²) in [5, 5.41) is 10.2. The third-order valence-corrected chi connectivity index (χ3v) is 0.694. The Morgan fingerprint density at radius 2 is 2.50 bits per heavy atom. The van der Waals surface area contributed by atoms with Crippen molar-refractivity contribution in [1.82, 2.24) is 20.2 Å². The molecule has 1 aromatic heterocycles. The molecule has 0 aliphatic heterocycles. The summed E-state index contributed by atoms with van der Waals surface area (Å²) in [7, 11) is 0. The second-order valence-electron chi connectivity index (χ2n) is 1.29. The molecule has 0 amide bonds. The maximum atomic E-state index is 5.18. The van der Waals surface area contributed by atoms with Gasteiger partial charge in [0.25, 0.3) is 0 Å². The van der Waals surface area contributed by atoms with Crippen molar-refractivity contribution in [3.05, 3.63) is 6.33 Å². The molecule has 1 aromatic rings. The van der Waals surface area contributed by atoms with Crippen LogP contribution >= 0.6 is 0 Å². The molecule has 43 valence electrons. The van der Waals surface area contributed by atoms with E-state index < -0.39 is 0 Å². The van der Waals surface area contributed by atoms with Gasteiger partial charge in [-0.3, -0.25) is 0 Å². The minimum atomic E-state index is 0.543. The van der Waals surface area contributed by atoms with Crippen LogP contribution in [0.5, 0.6) is 0 Å². The lowest BCUT2D eigenvalue weighted by molar-refractivity contribution is 0.594. The highest BCUT2D eigenvalue weighted by Gasteiger charge is 1.86. The standard InChI is InChI=1S/C3H6N5/c4-1-2-8-3-5-6-7-8/h1-2,4H2. The molecule has 1 rings (SSSR count). The molecule has 8 heavy (non-hydrogen) atoms. The van der Waals surface area contributed by atoms with E-state index in [0.29, 0.717) is 13.1 Å². The fourth-order valence-electron chi connectivity index (χ4n) is 0.377. The van der Waals surface area contributed by atoms with Crippen molar-refractivity contribution in [2.24, 2.45) is 5.73 Å². The fourth-order valence-corrected chi connectivity index (χ4v) is 0.377. The minimum Gasteiger partial charge on any atom is -0.329 e. The fraction of sp³-hybridized carbons (Fsp3) is 0.667. The van der Waals surface area contributed by atoms with E-state index in [9.17, 15) is 0 Å². The highest BCUT2D eigenvalue weighted by molar-refractivity contribution is 4.42. The summed E-state index contributed by atoms with van der Waals surface area (Å²) in [6.07, 6.45) is 2.50. The first-order valence-electron chi connectivity index (χ1n) is 2.27. The van der Waals surface area contributed by atoms with E-state index in [1.807, 2.05) is 0 Å². The van der Waals surface area contributed by atoms with Crippen LogP contribution < -0.4 is 5.73 Å². The molecule has 5 heteroatoms. The molecule has 0 fully saturated rings. The number of hydrogen-bond acceptors (Lipinski definition) is 4. The molecular formula is C3H6N5. The Kier molecular flexibility index (Phi) is 1.53. The SMILES string of the molecule is NCCn1[c]nnn1. The highest BCUT2D eigenvalue weighted by atomic mass is 15.5. The Balaban J connectivity index is 2.50. The van der Waals surface area contributed by atoms with Gasteiger partial charge in [0.05, 0.1) is 6.54 Å². The molecule has 0 saturated carbocycles. The third kappa shape index (κ3) is 1.00. The van der Waals surface area contributed by atoms with Gasteiger partial charge in [0.2, 0.25) is 6.33 Å². The molecule has 1 heterocycles. The predicted molar refractivity (Wildman–Crippen MR) is 25.7 cm³/mol. The molecule has 0 aromatic carbocycles. The lowest BCUT2D eigenvalue weighted by Gasteiger charge is -1.88. The Hall–Kier alpha value is -0.970. The van der Waals surface area contributed by atoms with Crippen molar-refractivity contribution in [1.29, 1.82) is 0 Å². The van der Waals surface area contributed by atoms with E-state index in [2.05, 4.69) is 21.9 Å². The normalized spacial score (nSPS) is 9.62. The van der Waals surface area contributed by atoms with Crippen molar-refractivity contribution >= 4 is 0 Å². The Labute approximate surface area is 46.5 Å². The van der Waals surface area contributed by atoms with Crippen LogP contribution in [0, 0.1) is 6.33 Å². The molecule has 0 unspecified atom stereocenters. The van der Waals surface area contributed by atoms with Gasteiger partial charge in [0, 0.05) is 6.54 Å². The van der Waals surface area contributed by atoms with Crippen LogP contribution in [-0.2, 0) is 6.54 Å². The first-order chi connectivity index (χ1) is 3.93. The summed E-state index contributed by atoms with van der Waals surface area (Å²) in [5.74, 6) is 0.